The van der Waals surface area contributed by atoms with E-state index in [1.165, 1.54) is 0 Å². The summed E-state index contributed by atoms with van der Waals surface area (Å²) < 4.78 is 0. The number of nitrogens with zero attached hydrogens (tertiary/aromatic N) is 3. The number of carbonyl (C=O) groups is 1. The van der Waals surface area contributed by atoms with Gasteiger partial charge >= 0.3 is 0 Å². The van der Waals surface area contributed by atoms with Gasteiger partial charge in [0.25, 0.3) is 5.91 Å². The number of rotatable bonds is 7. The number of para-hydroxylation sites is 1. The van der Waals surface area contributed by atoms with Crippen LogP contribution in [-0.4, -0.2) is 36.3 Å². The molecule has 2 aromatic rings. The predicted molar refractivity (Wildman–Crippen MR) is 109 cm³/mol. The molecule has 4 nitrogen and oxygen atoms in total. The molecule has 0 saturated carbocycles. The zero-order chi connectivity index (χ0) is 18.5. The van der Waals surface area contributed by atoms with Crippen molar-refractivity contribution in [3.05, 3.63) is 59.1 Å². The molecule has 1 amide bonds. The molecule has 0 aliphatic carbocycles. The molecular formula is C21H24ClN3O. The van der Waals surface area contributed by atoms with Crippen LogP contribution in [0.15, 0.2) is 53.5 Å². The first-order chi connectivity index (χ1) is 12.6. The summed E-state index contributed by atoms with van der Waals surface area (Å²) in [4.78, 5) is 21.9. The maximum Gasteiger partial charge on any atom is 0.278 e. The van der Waals surface area contributed by atoms with Crippen LogP contribution in [0.2, 0.25) is 5.02 Å². The number of aliphatic imine (C=N–C) groups is 1. The van der Waals surface area contributed by atoms with E-state index in [2.05, 4.69) is 23.7 Å². The number of amides is 1. The molecule has 136 valence electrons. The van der Waals surface area contributed by atoms with Gasteiger partial charge in [-0.2, -0.15) is 0 Å². The number of hydrogen-bond donors (Lipinski definition) is 0. The molecule has 0 saturated heterocycles. The molecule has 26 heavy (non-hydrogen) atoms. The standard InChI is InChI=1S/C21H24ClN3O/c1-3-12-24(13-4-2)15-25-19-11-6-5-10-18(19)20(21(25)26)23-17-9-7-8-16(22)14-17/h5-11,14H,3-4,12-13,15H2,1-2H3. The third kappa shape index (κ3) is 3.97. The maximum atomic E-state index is 13.1. The summed E-state index contributed by atoms with van der Waals surface area (Å²) in [5.41, 5.74) is 2.98. The highest BCUT2D eigenvalue weighted by atomic mass is 35.5. The molecule has 0 unspecified atom stereocenters. The van der Waals surface area contributed by atoms with Crippen molar-refractivity contribution in [2.24, 2.45) is 4.99 Å². The summed E-state index contributed by atoms with van der Waals surface area (Å²) in [5.74, 6) is -0.0524. The largest absolute Gasteiger partial charge is 0.293 e. The van der Waals surface area contributed by atoms with E-state index in [9.17, 15) is 4.79 Å². The molecule has 0 spiro atoms. The van der Waals surface area contributed by atoms with Gasteiger partial charge in [0.1, 0.15) is 5.71 Å². The SMILES string of the molecule is CCCN(CCC)CN1C(=O)C(=Nc2cccc(Cl)c2)c2ccccc21. The first-order valence-electron chi connectivity index (χ1n) is 9.12. The zero-order valence-corrected chi connectivity index (χ0v) is 16.0. The molecule has 1 aliphatic rings. The van der Waals surface area contributed by atoms with Crippen molar-refractivity contribution >= 4 is 34.6 Å². The summed E-state index contributed by atoms with van der Waals surface area (Å²) >= 11 is 6.06. The lowest BCUT2D eigenvalue weighted by Gasteiger charge is -2.27. The average molecular weight is 370 g/mol. The minimum atomic E-state index is -0.0524. The maximum absolute atomic E-state index is 13.1. The number of hydrogen-bond acceptors (Lipinski definition) is 3. The second-order valence-electron chi connectivity index (χ2n) is 6.45. The Bertz CT molecular complexity index is 812. The van der Waals surface area contributed by atoms with Crippen molar-refractivity contribution in [3.8, 4) is 0 Å². The van der Waals surface area contributed by atoms with E-state index >= 15 is 0 Å². The fraction of sp³-hybridized carbons (Fsp3) is 0.333. The van der Waals surface area contributed by atoms with Crippen LogP contribution in [0.4, 0.5) is 11.4 Å². The molecule has 0 radical (unpaired) electrons. The Kier molecular flexibility index (Phi) is 6.07. The second kappa shape index (κ2) is 8.47. The Balaban J connectivity index is 1.95. The van der Waals surface area contributed by atoms with Crippen LogP contribution in [0.3, 0.4) is 0 Å². The van der Waals surface area contributed by atoms with E-state index in [0.29, 0.717) is 23.1 Å². The average Bonchev–Trinajstić information content (AvgIpc) is 2.88. The van der Waals surface area contributed by atoms with Crippen molar-refractivity contribution < 1.29 is 4.79 Å². The quantitative estimate of drug-likeness (QED) is 0.696. The highest BCUT2D eigenvalue weighted by molar-refractivity contribution is 6.54. The normalized spacial score (nSPS) is 15.2. The van der Waals surface area contributed by atoms with Crippen LogP contribution in [0, 0.1) is 0 Å². The molecule has 0 fully saturated rings. The van der Waals surface area contributed by atoms with Crippen molar-refractivity contribution in [2.75, 3.05) is 24.7 Å². The molecule has 0 atom stereocenters. The van der Waals surface area contributed by atoms with E-state index in [-0.39, 0.29) is 5.91 Å². The minimum absolute atomic E-state index is 0.0524. The monoisotopic (exact) mass is 369 g/mol. The van der Waals surface area contributed by atoms with E-state index < -0.39 is 0 Å². The van der Waals surface area contributed by atoms with Crippen LogP contribution in [0.1, 0.15) is 32.3 Å². The predicted octanol–water partition coefficient (Wildman–Crippen LogP) is 4.89. The molecule has 0 aromatic heterocycles. The summed E-state index contributed by atoms with van der Waals surface area (Å²) in [7, 11) is 0. The van der Waals surface area contributed by atoms with Crippen molar-refractivity contribution in [2.45, 2.75) is 26.7 Å². The molecule has 3 rings (SSSR count). The van der Waals surface area contributed by atoms with Gasteiger partial charge in [0.05, 0.1) is 18.0 Å². The number of halogens is 1. The second-order valence-corrected chi connectivity index (χ2v) is 6.89. The Hall–Kier alpha value is -2.17. The van der Waals surface area contributed by atoms with Crippen molar-refractivity contribution in [3.63, 3.8) is 0 Å². The van der Waals surface area contributed by atoms with E-state index in [1.807, 2.05) is 41.3 Å². The van der Waals surface area contributed by atoms with Crippen LogP contribution in [0.25, 0.3) is 0 Å². The number of fused-ring (bicyclic) bond motifs is 1. The van der Waals surface area contributed by atoms with Gasteiger partial charge in [-0.05, 0) is 50.2 Å². The van der Waals surface area contributed by atoms with Gasteiger partial charge in [-0.15, -0.1) is 0 Å². The number of carbonyl (C=O) groups excluding carboxylic acids is 1. The lowest BCUT2D eigenvalue weighted by Crippen LogP contribution is -2.41. The topological polar surface area (TPSA) is 35.9 Å². The molecule has 5 heteroatoms. The molecule has 0 bridgehead atoms. The van der Waals surface area contributed by atoms with Gasteiger partial charge in [0.2, 0.25) is 0 Å². The highest BCUT2D eigenvalue weighted by Gasteiger charge is 2.34. The Labute approximate surface area is 160 Å². The van der Waals surface area contributed by atoms with Gasteiger partial charge in [0, 0.05) is 10.6 Å². The van der Waals surface area contributed by atoms with E-state index in [1.54, 1.807) is 12.1 Å². The fourth-order valence-corrected chi connectivity index (χ4v) is 3.46. The van der Waals surface area contributed by atoms with Crippen LogP contribution in [0.5, 0.6) is 0 Å². The first-order valence-corrected chi connectivity index (χ1v) is 9.49. The Morgan fingerprint density at radius 3 is 2.46 bits per heavy atom. The summed E-state index contributed by atoms with van der Waals surface area (Å²) in [6.45, 7) is 6.86. The van der Waals surface area contributed by atoms with Gasteiger partial charge < -0.3 is 0 Å². The van der Waals surface area contributed by atoms with Crippen molar-refractivity contribution in [1.82, 2.24) is 4.90 Å². The minimum Gasteiger partial charge on any atom is -0.293 e. The molecule has 1 aliphatic heterocycles. The van der Waals surface area contributed by atoms with Crippen LogP contribution < -0.4 is 4.90 Å². The van der Waals surface area contributed by atoms with E-state index in [4.69, 9.17) is 11.6 Å². The smallest absolute Gasteiger partial charge is 0.278 e. The lowest BCUT2D eigenvalue weighted by atomic mass is 10.1. The van der Waals surface area contributed by atoms with E-state index in [0.717, 1.165) is 37.2 Å². The van der Waals surface area contributed by atoms with Crippen molar-refractivity contribution in [1.29, 1.82) is 0 Å². The third-order valence-corrected chi connectivity index (χ3v) is 4.60. The van der Waals surface area contributed by atoms with Crippen LogP contribution in [-0.2, 0) is 4.79 Å². The molecule has 2 aromatic carbocycles. The molecule has 0 N–H and O–H groups in total. The summed E-state index contributed by atoms with van der Waals surface area (Å²) in [6, 6.07) is 15.1. The van der Waals surface area contributed by atoms with Gasteiger partial charge in [-0.1, -0.05) is 49.7 Å². The fourth-order valence-electron chi connectivity index (χ4n) is 3.27. The highest BCUT2D eigenvalue weighted by Crippen LogP contribution is 2.31. The zero-order valence-electron chi connectivity index (χ0n) is 15.3. The third-order valence-electron chi connectivity index (χ3n) is 4.37. The number of anilines is 1. The van der Waals surface area contributed by atoms with Crippen LogP contribution >= 0.6 is 11.6 Å². The molecular weight excluding hydrogens is 346 g/mol. The van der Waals surface area contributed by atoms with Gasteiger partial charge in [0.15, 0.2) is 0 Å². The summed E-state index contributed by atoms with van der Waals surface area (Å²) in [6.07, 6.45) is 2.13. The lowest BCUT2D eigenvalue weighted by molar-refractivity contribution is -0.112. The molecule has 1 heterocycles. The van der Waals surface area contributed by atoms with Gasteiger partial charge in [-0.25, -0.2) is 4.99 Å². The first kappa shape index (κ1) is 18.6. The van der Waals surface area contributed by atoms with Gasteiger partial charge in [-0.3, -0.25) is 14.6 Å². The Morgan fingerprint density at radius 1 is 1.04 bits per heavy atom. The number of benzene rings is 2. The Morgan fingerprint density at radius 2 is 1.77 bits per heavy atom. The summed E-state index contributed by atoms with van der Waals surface area (Å²) in [5, 5.41) is 0.611.